The fourth-order valence-electron chi connectivity index (χ4n) is 3.72. The van der Waals surface area contributed by atoms with Crippen LogP contribution in [-0.2, 0) is 17.8 Å². The highest BCUT2D eigenvalue weighted by Gasteiger charge is 2.11. The molecule has 0 radical (unpaired) electrons. The number of hydrogen-bond acceptors (Lipinski definition) is 3. The van der Waals surface area contributed by atoms with Gasteiger partial charge in [0, 0.05) is 11.8 Å². The summed E-state index contributed by atoms with van der Waals surface area (Å²) in [7, 11) is 0. The van der Waals surface area contributed by atoms with E-state index in [9.17, 15) is 0 Å². The number of ether oxygens (including phenoxy) is 1. The summed E-state index contributed by atoms with van der Waals surface area (Å²) in [5.74, 6) is 0. The fourth-order valence-corrected chi connectivity index (χ4v) is 4.07. The van der Waals surface area contributed by atoms with E-state index in [2.05, 4.69) is 66.6 Å². The van der Waals surface area contributed by atoms with E-state index in [4.69, 9.17) is 4.74 Å². The van der Waals surface area contributed by atoms with Gasteiger partial charge in [0.05, 0.1) is 13.2 Å². The fraction of sp³-hybridized carbons (Fsp3) is 0.500. The zero-order chi connectivity index (χ0) is 18.9. The molecule has 1 aliphatic rings. The highest BCUT2D eigenvalue weighted by Crippen LogP contribution is 2.25. The van der Waals surface area contributed by atoms with Crippen LogP contribution >= 0.6 is 11.8 Å². The molecular formula is C24H33NOS. The first kappa shape index (κ1) is 20.4. The van der Waals surface area contributed by atoms with Crippen molar-refractivity contribution in [2.75, 3.05) is 32.5 Å². The van der Waals surface area contributed by atoms with Crippen LogP contribution in [0.2, 0.25) is 0 Å². The van der Waals surface area contributed by atoms with Crippen molar-refractivity contribution in [1.29, 1.82) is 0 Å². The van der Waals surface area contributed by atoms with Crippen LogP contribution in [-0.4, -0.2) is 42.6 Å². The number of hydrogen-bond donors (Lipinski definition) is 0. The van der Waals surface area contributed by atoms with Crippen LogP contribution in [0, 0.1) is 0 Å². The van der Waals surface area contributed by atoms with Crippen molar-refractivity contribution in [3.63, 3.8) is 0 Å². The van der Waals surface area contributed by atoms with E-state index in [0.29, 0.717) is 11.9 Å². The quantitative estimate of drug-likeness (QED) is 0.519. The smallest absolute Gasteiger partial charge is 0.0720 e. The van der Waals surface area contributed by atoms with Crippen molar-refractivity contribution < 1.29 is 4.74 Å². The number of benzene rings is 2. The van der Waals surface area contributed by atoms with Gasteiger partial charge in [-0.25, -0.2) is 0 Å². The molecule has 146 valence electrons. The molecule has 0 aliphatic carbocycles. The minimum Gasteiger partial charge on any atom is -0.375 e. The number of thioether (sulfide) groups is 1. The molecule has 0 saturated carbocycles. The van der Waals surface area contributed by atoms with E-state index in [-0.39, 0.29) is 0 Å². The zero-order valence-corrected chi connectivity index (χ0v) is 17.6. The summed E-state index contributed by atoms with van der Waals surface area (Å²) in [4.78, 5) is 2.54. The van der Waals surface area contributed by atoms with Gasteiger partial charge in [0.25, 0.3) is 0 Å². The third-order valence-corrected chi connectivity index (χ3v) is 6.45. The summed E-state index contributed by atoms with van der Waals surface area (Å²) < 4.78 is 6.12. The van der Waals surface area contributed by atoms with Gasteiger partial charge < -0.3 is 9.64 Å². The Balaban J connectivity index is 1.65. The lowest BCUT2D eigenvalue weighted by Gasteiger charge is -2.26. The zero-order valence-electron chi connectivity index (χ0n) is 16.8. The molecule has 1 aliphatic heterocycles. The van der Waals surface area contributed by atoms with E-state index in [0.717, 1.165) is 19.6 Å². The standard InChI is InChI=1S/C24H33NOS/c1-20(27-2)17-22-11-12-23(21-9-5-3-6-10-21)18-24(22)19-26-16-15-25-13-7-4-8-14-25/h3,5-6,9-12,18,20H,4,7-8,13-17,19H2,1-2H3. The maximum Gasteiger partial charge on any atom is 0.0720 e. The molecular weight excluding hydrogens is 350 g/mol. The van der Waals surface area contributed by atoms with Gasteiger partial charge in [-0.1, -0.05) is 55.8 Å². The molecule has 3 heteroatoms. The van der Waals surface area contributed by atoms with Crippen LogP contribution in [0.3, 0.4) is 0 Å². The first-order chi connectivity index (χ1) is 13.3. The van der Waals surface area contributed by atoms with Gasteiger partial charge in [-0.2, -0.15) is 11.8 Å². The van der Waals surface area contributed by atoms with E-state index in [1.807, 2.05) is 11.8 Å². The molecule has 3 rings (SSSR count). The molecule has 0 spiro atoms. The van der Waals surface area contributed by atoms with Crippen LogP contribution < -0.4 is 0 Å². The SMILES string of the molecule is CSC(C)Cc1ccc(-c2ccccc2)cc1COCCN1CCCCC1. The highest BCUT2D eigenvalue weighted by molar-refractivity contribution is 7.99. The largest absolute Gasteiger partial charge is 0.375 e. The number of likely N-dealkylation sites (tertiary alicyclic amines) is 1. The predicted octanol–water partition coefficient (Wildman–Crippen LogP) is 5.65. The van der Waals surface area contributed by atoms with Crippen molar-refractivity contribution in [3.05, 3.63) is 59.7 Å². The maximum absolute atomic E-state index is 6.12. The minimum atomic E-state index is 0.625. The van der Waals surface area contributed by atoms with Gasteiger partial charge in [-0.3, -0.25) is 0 Å². The topological polar surface area (TPSA) is 12.5 Å². The van der Waals surface area contributed by atoms with Crippen molar-refractivity contribution >= 4 is 11.8 Å². The molecule has 0 N–H and O–H groups in total. The van der Waals surface area contributed by atoms with E-state index >= 15 is 0 Å². The first-order valence-electron chi connectivity index (χ1n) is 10.3. The second kappa shape index (κ2) is 10.9. The lowest BCUT2D eigenvalue weighted by atomic mass is 9.97. The van der Waals surface area contributed by atoms with Gasteiger partial charge in [0.15, 0.2) is 0 Å². The summed E-state index contributed by atoms with van der Waals surface area (Å²) in [6.45, 7) is 7.39. The molecule has 1 unspecified atom stereocenters. The van der Waals surface area contributed by atoms with E-state index in [1.165, 1.54) is 54.6 Å². The highest BCUT2D eigenvalue weighted by atomic mass is 32.2. The molecule has 1 saturated heterocycles. The predicted molar refractivity (Wildman–Crippen MR) is 119 cm³/mol. The Bertz CT molecular complexity index is 682. The van der Waals surface area contributed by atoms with E-state index < -0.39 is 0 Å². The molecule has 2 nitrogen and oxygen atoms in total. The van der Waals surface area contributed by atoms with Gasteiger partial charge in [-0.05, 0) is 66.9 Å². The lowest BCUT2D eigenvalue weighted by Crippen LogP contribution is -2.32. The van der Waals surface area contributed by atoms with Gasteiger partial charge in [0.1, 0.15) is 0 Å². The molecule has 1 heterocycles. The maximum atomic E-state index is 6.12. The first-order valence-corrected chi connectivity index (χ1v) is 11.5. The third kappa shape index (κ3) is 6.38. The average molecular weight is 384 g/mol. The summed E-state index contributed by atoms with van der Waals surface area (Å²) in [6, 6.07) is 17.5. The van der Waals surface area contributed by atoms with Crippen LogP contribution in [0.5, 0.6) is 0 Å². The van der Waals surface area contributed by atoms with Crippen LogP contribution in [0.4, 0.5) is 0 Å². The van der Waals surface area contributed by atoms with Gasteiger partial charge >= 0.3 is 0 Å². The van der Waals surface area contributed by atoms with Gasteiger partial charge in [-0.15, -0.1) is 0 Å². The van der Waals surface area contributed by atoms with Crippen LogP contribution in [0.1, 0.15) is 37.3 Å². The lowest BCUT2D eigenvalue weighted by molar-refractivity contribution is 0.0860. The third-order valence-electron chi connectivity index (χ3n) is 5.48. The monoisotopic (exact) mass is 383 g/mol. The van der Waals surface area contributed by atoms with Crippen molar-refractivity contribution in [2.45, 2.75) is 44.5 Å². The van der Waals surface area contributed by atoms with Crippen LogP contribution in [0.25, 0.3) is 11.1 Å². The average Bonchev–Trinajstić information content (AvgIpc) is 2.73. The molecule has 2 aromatic rings. The Hall–Kier alpha value is -1.29. The summed E-state index contributed by atoms with van der Waals surface area (Å²) >= 11 is 1.93. The Morgan fingerprint density at radius 3 is 2.48 bits per heavy atom. The van der Waals surface area contributed by atoms with Gasteiger partial charge in [0.2, 0.25) is 0 Å². The number of piperidine rings is 1. The van der Waals surface area contributed by atoms with Crippen molar-refractivity contribution in [2.24, 2.45) is 0 Å². The van der Waals surface area contributed by atoms with E-state index in [1.54, 1.807) is 0 Å². The Morgan fingerprint density at radius 1 is 0.963 bits per heavy atom. The molecule has 0 amide bonds. The molecule has 0 aromatic heterocycles. The Morgan fingerprint density at radius 2 is 1.74 bits per heavy atom. The molecule has 0 bridgehead atoms. The van der Waals surface area contributed by atoms with Crippen LogP contribution in [0.15, 0.2) is 48.5 Å². The summed E-state index contributed by atoms with van der Waals surface area (Å²) in [6.07, 6.45) is 7.37. The van der Waals surface area contributed by atoms with Crippen molar-refractivity contribution in [3.8, 4) is 11.1 Å². The van der Waals surface area contributed by atoms with Crippen molar-refractivity contribution in [1.82, 2.24) is 4.90 Å². The Labute approximate surface area is 169 Å². The summed E-state index contributed by atoms with van der Waals surface area (Å²) in [5.41, 5.74) is 5.33. The Kier molecular flexibility index (Phi) is 8.25. The molecule has 2 aromatic carbocycles. The number of nitrogens with zero attached hydrogens (tertiary/aromatic N) is 1. The molecule has 27 heavy (non-hydrogen) atoms. The molecule has 1 atom stereocenters. The normalized spacial score (nSPS) is 16.4. The second-order valence-electron chi connectivity index (χ2n) is 7.55. The molecule has 1 fully saturated rings. The number of rotatable bonds is 9. The second-order valence-corrected chi connectivity index (χ2v) is 8.83. The minimum absolute atomic E-state index is 0.625. The summed E-state index contributed by atoms with van der Waals surface area (Å²) in [5, 5.41) is 0.625.